The number of thioether (sulfide) groups is 1. The van der Waals surface area contributed by atoms with E-state index in [0.29, 0.717) is 17.9 Å². The van der Waals surface area contributed by atoms with Crippen LogP contribution in [-0.4, -0.2) is 33.4 Å². The first kappa shape index (κ1) is 14.0. The molecule has 2 heterocycles. The van der Waals surface area contributed by atoms with E-state index < -0.39 is 6.04 Å². The average Bonchev–Trinajstić information content (AvgIpc) is 2.96. The van der Waals surface area contributed by atoms with E-state index in [9.17, 15) is 9.59 Å². The Balaban J connectivity index is 1.77. The van der Waals surface area contributed by atoms with Crippen LogP contribution in [-0.2, 0) is 9.59 Å². The molecule has 2 aliphatic rings. The number of carbonyl (C=O) groups excluding carboxylic acids is 2. The van der Waals surface area contributed by atoms with Crippen molar-refractivity contribution >= 4 is 29.3 Å². The van der Waals surface area contributed by atoms with Crippen LogP contribution in [0.5, 0.6) is 0 Å². The maximum atomic E-state index is 12.5. The predicted octanol–water partition coefficient (Wildman–Crippen LogP) is 2.06. The summed E-state index contributed by atoms with van der Waals surface area (Å²) in [5.41, 5.74) is 1.39. The van der Waals surface area contributed by atoms with E-state index in [2.05, 4.69) is 11.2 Å². The zero-order valence-electron chi connectivity index (χ0n) is 11.8. The van der Waals surface area contributed by atoms with E-state index in [0.717, 1.165) is 12.0 Å². The second-order valence-electron chi connectivity index (χ2n) is 5.48. The van der Waals surface area contributed by atoms with E-state index in [4.69, 9.17) is 6.42 Å². The van der Waals surface area contributed by atoms with Crippen LogP contribution in [0.25, 0.3) is 0 Å². The van der Waals surface area contributed by atoms with Crippen molar-refractivity contribution in [1.29, 1.82) is 0 Å². The molecule has 108 valence electrons. The smallest absolute Gasteiger partial charge is 0.248 e. The highest BCUT2D eigenvalue weighted by Gasteiger charge is 2.52. The third-order valence-electron chi connectivity index (χ3n) is 4.04. The van der Waals surface area contributed by atoms with Gasteiger partial charge in [0.05, 0.1) is 4.87 Å². The SMILES string of the molecule is C#Cc1cccc(NC(=O)C2CSC3(C)CCC(=O)N23)c1. The normalized spacial score (nSPS) is 27.3. The molecule has 0 aromatic heterocycles. The number of carbonyl (C=O) groups is 2. The van der Waals surface area contributed by atoms with Crippen molar-refractivity contribution in [1.82, 2.24) is 4.90 Å². The molecule has 1 N–H and O–H groups in total. The van der Waals surface area contributed by atoms with Gasteiger partial charge >= 0.3 is 0 Å². The second kappa shape index (κ2) is 5.12. The molecule has 3 rings (SSSR count). The summed E-state index contributed by atoms with van der Waals surface area (Å²) in [5, 5.41) is 2.87. The number of terminal acetylenes is 1. The van der Waals surface area contributed by atoms with Crippen molar-refractivity contribution in [3.63, 3.8) is 0 Å². The van der Waals surface area contributed by atoms with Crippen LogP contribution in [0.1, 0.15) is 25.3 Å². The maximum Gasteiger partial charge on any atom is 0.248 e. The van der Waals surface area contributed by atoms with Gasteiger partial charge in [-0.05, 0) is 31.5 Å². The number of rotatable bonds is 2. The van der Waals surface area contributed by atoms with E-state index in [-0.39, 0.29) is 16.7 Å². The van der Waals surface area contributed by atoms with Crippen molar-refractivity contribution in [3.05, 3.63) is 29.8 Å². The lowest BCUT2D eigenvalue weighted by Crippen LogP contribution is -2.48. The highest BCUT2D eigenvalue weighted by atomic mass is 32.2. The Labute approximate surface area is 128 Å². The van der Waals surface area contributed by atoms with Crippen LogP contribution >= 0.6 is 11.8 Å². The molecule has 2 fully saturated rings. The fraction of sp³-hybridized carbons (Fsp3) is 0.375. The van der Waals surface area contributed by atoms with Gasteiger partial charge in [-0.25, -0.2) is 0 Å². The average molecular weight is 300 g/mol. The Bertz CT molecular complexity index is 652. The van der Waals surface area contributed by atoms with Gasteiger partial charge < -0.3 is 10.2 Å². The first-order valence-corrected chi connectivity index (χ1v) is 7.86. The lowest BCUT2D eigenvalue weighted by molar-refractivity contribution is -0.135. The molecule has 2 atom stereocenters. The molecule has 1 aromatic carbocycles. The molecule has 0 spiro atoms. The first-order valence-electron chi connectivity index (χ1n) is 6.87. The van der Waals surface area contributed by atoms with Gasteiger partial charge in [-0.2, -0.15) is 0 Å². The number of nitrogens with one attached hydrogen (secondary N) is 1. The standard InChI is InChI=1S/C16H16N2O2S/c1-3-11-5-4-6-12(9-11)17-15(20)13-10-21-16(2)8-7-14(19)18(13)16/h1,4-6,9,13H,7-8,10H2,2H3,(H,17,20). The summed E-state index contributed by atoms with van der Waals surface area (Å²) in [4.78, 5) is 26.0. The fourth-order valence-corrected chi connectivity index (χ4v) is 4.36. The lowest BCUT2D eigenvalue weighted by atomic mass is 10.2. The zero-order valence-corrected chi connectivity index (χ0v) is 12.6. The maximum absolute atomic E-state index is 12.5. The third kappa shape index (κ3) is 2.40. The number of benzene rings is 1. The molecule has 0 aliphatic carbocycles. The van der Waals surface area contributed by atoms with Crippen LogP contribution in [0.15, 0.2) is 24.3 Å². The predicted molar refractivity (Wildman–Crippen MR) is 83.7 cm³/mol. The molecule has 2 amide bonds. The van der Waals surface area contributed by atoms with Crippen LogP contribution in [0, 0.1) is 12.3 Å². The van der Waals surface area contributed by atoms with Gasteiger partial charge in [0, 0.05) is 23.4 Å². The summed E-state index contributed by atoms with van der Waals surface area (Å²) >= 11 is 1.69. The summed E-state index contributed by atoms with van der Waals surface area (Å²) in [5.74, 6) is 3.11. The van der Waals surface area contributed by atoms with Crippen LogP contribution in [0.4, 0.5) is 5.69 Å². The van der Waals surface area contributed by atoms with Gasteiger partial charge in [-0.1, -0.05) is 12.0 Å². The quantitative estimate of drug-likeness (QED) is 0.851. The number of nitrogens with zero attached hydrogens (tertiary/aromatic N) is 1. The van der Waals surface area contributed by atoms with Gasteiger partial charge in [0.15, 0.2) is 0 Å². The van der Waals surface area contributed by atoms with Gasteiger partial charge in [0.1, 0.15) is 6.04 Å². The summed E-state index contributed by atoms with van der Waals surface area (Å²) in [7, 11) is 0. The fourth-order valence-electron chi connectivity index (χ4n) is 2.93. The zero-order chi connectivity index (χ0) is 15.0. The number of hydrogen-bond acceptors (Lipinski definition) is 3. The molecule has 0 saturated carbocycles. The third-order valence-corrected chi connectivity index (χ3v) is 5.55. The molecule has 5 heteroatoms. The Hall–Kier alpha value is -1.93. The number of anilines is 1. The molecule has 2 aliphatic heterocycles. The molecule has 2 unspecified atom stereocenters. The van der Waals surface area contributed by atoms with Crippen molar-refractivity contribution in [2.75, 3.05) is 11.1 Å². The van der Waals surface area contributed by atoms with E-state index in [1.807, 2.05) is 13.0 Å². The molecule has 0 radical (unpaired) electrons. The molecule has 1 aromatic rings. The van der Waals surface area contributed by atoms with Crippen molar-refractivity contribution in [2.24, 2.45) is 0 Å². The number of fused-ring (bicyclic) bond motifs is 1. The van der Waals surface area contributed by atoms with Crippen LogP contribution < -0.4 is 5.32 Å². The van der Waals surface area contributed by atoms with Crippen molar-refractivity contribution in [3.8, 4) is 12.3 Å². The van der Waals surface area contributed by atoms with E-state index in [1.165, 1.54) is 0 Å². The number of amides is 2. The van der Waals surface area contributed by atoms with Gasteiger partial charge in [0.2, 0.25) is 11.8 Å². The van der Waals surface area contributed by atoms with Crippen molar-refractivity contribution < 1.29 is 9.59 Å². The summed E-state index contributed by atoms with van der Waals surface area (Å²) in [6, 6.07) is 6.77. The first-order chi connectivity index (χ1) is 10.0. The monoisotopic (exact) mass is 300 g/mol. The Morgan fingerprint density at radius 2 is 2.38 bits per heavy atom. The van der Waals surface area contributed by atoms with Crippen LogP contribution in [0.3, 0.4) is 0 Å². The molecule has 0 bridgehead atoms. The molecular formula is C16H16N2O2S. The number of hydrogen-bond donors (Lipinski definition) is 1. The van der Waals surface area contributed by atoms with E-state index in [1.54, 1.807) is 34.9 Å². The highest BCUT2D eigenvalue weighted by molar-refractivity contribution is 8.01. The second-order valence-corrected chi connectivity index (χ2v) is 6.98. The lowest BCUT2D eigenvalue weighted by Gasteiger charge is -2.29. The van der Waals surface area contributed by atoms with Crippen LogP contribution in [0.2, 0.25) is 0 Å². The molecule has 4 nitrogen and oxygen atoms in total. The molecular weight excluding hydrogens is 284 g/mol. The topological polar surface area (TPSA) is 49.4 Å². The summed E-state index contributed by atoms with van der Waals surface area (Å²) < 4.78 is 0. The summed E-state index contributed by atoms with van der Waals surface area (Å²) in [6.07, 6.45) is 6.70. The Morgan fingerprint density at radius 3 is 3.14 bits per heavy atom. The molecule has 21 heavy (non-hydrogen) atoms. The highest BCUT2D eigenvalue weighted by Crippen LogP contribution is 2.47. The Kier molecular flexibility index (Phi) is 3.42. The minimum atomic E-state index is -0.399. The van der Waals surface area contributed by atoms with Gasteiger partial charge in [0.25, 0.3) is 0 Å². The van der Waals surface area contributed by atoms with Gasteiger partial charge in [-0.3, -0.25) is 9.59 Å². The largest absolute Gasteiger partial charge is 0.324 e. The van der Waals surface area contributed by atoms with Gasteiger partial charge in [-0.15, -0.1) is 18.2 Å². The minimum absolute atomic E-state index is 0.0695. The Morgan fingerprint density at radius 1 is 1.57 bits per heavy atom. The molecule has 2 saturated heterocycles. The summed E-state index contributed by atoms with van der Waals surface area (Å²) in [6.45, 7) is 2.04. The minimum Gasteiger partial charge on any atom is -0.324 e. The van der Waals surface area contributed by atoms with Crippen molar-refractivity contribution in [2.45, 2.75) is 30.7 Å². The van der Waals surface area contributed by atoms with E-state index >= 15 is 0 Å².